The molecule has 2 rings (SSSR count). The van der Waals surface area contributed by atoms with Crippen LogP contribution in [0, 0.1) is 18.6 Å². The van der Waals surface area contributed by atoms with Gasteiger partial charge in [0.15, 0.2) is 0 Å². The third-order valence-corrected chi connectivity index (χ3v) is 2.46. The molecule has 16 heavy (non-hydrogen) atoms. The van der Waals surface area contributed by atoms with Crippen molar-refractivity contribution in [3.8, 4) is 11.1 Å². The molecule has 0 aliphatic rings. The summed E-state index contributed by atoms with van der Waals surface area (Å²) in [5, 5.41) is 0. The average molecular weight is 219 g/mol. The number of aryl methyl sites for hydroxylation is 1. The third-order valence-electron chi connectivity index (χ3n) is 2.46. The zero-order valence-corrected chi connectivity index (χ0v) is 8.80. The number of benzene rings is 2. The van der Waals surface area contributed by atoms with Gasteiger partial charge < -0.3 is 5.73 Å². The highest BCUT2D eigenvalue weighted by molar-refractivity contribution is 5.67. The summed E-state index contributed by atoms with van der Waals surface area (Å²) in [5.41, 5.74) is 7.41. The molecule has 0 aromatic heterocycles. The molecule has 0 radical (unpaired) electrons. The van der Waals surface area contributed by atoms with Crippen LogP contribution in [-0.4, -0.2) is 0 Å². The van der Waals surface area contributed by atoms with E-state index < -0.39 is 5.82 Å². The van der Waals surface area contributed by atoms with Gasteiger partial charge in [-0.3, -0.25) is 0 Å². The lowest BCUT2D eigenvalue weighted by Gasteiger charge is -2.06. The number of hydrogen-bond donors (Lipinski definition) is 1. The molecule has 1 nitrogen and oxygen atoms in total. The zero-order valence-electron chi connectivity index (χ0n) is 8.80. The van der Waals surface area contributed by atoms with E-state index in [4.69, 9.17) is 5.73 Å². The lowest BCUT2D eigenvalue weighted by atomic mass is 10.0. The maximum Gasteiger partial charge on any atom is 0.133 e. The molecule has 3 heteroatoms. The first-order valence-corrected chi connectivity index (χ1v) is 4.89. The molecule has 0 aliphatic heterocycles. The molecule has 0 atom stereocenters. The first-order chi connectivity index (χ1) is 7.58. The smallest absolute Gasteiger partial charge is 0.133 e. The molecule has 2 aromatic rings. The number of hydrogen-bond acceptors (Lipinski definition) is 1. The molecule has 0 saturated heterocycles. The fraction of sp³-hybridized carbons (Fsp3) is 0.0769. The standard InChI is InChI=1S/C13H11F2N/c1-8-6-9(2-5-12(8)14)11-4-3-10(16)7-13(11)15/h2-7H,16H2,1H3. The second-order valence-electron chi connectivity index (χ2n) is 3.70. The van der Waals surface area contributed by atoms with Crippen molar-refractivity contribution in [3.05, 3.63) is 53.6 Å². The van der Waals surface area contributed by atoms with Crippen LogP contribution >= 0.6 is 0 Å². The van der Waals surface area contributed by atoms with E-state index in [-0.39, 0.29) is 5.82 Å². The van der Waals surface area contributed by atoms with Gasteiger partial charge >= 0.3 is 0 Å². The van der Waals surface area contributed by atoms with Gasteiger partial charge in [0.05, 0.1) is 0 Å². The van der Waals surface area contributed by atoms with Crippen LogP contribution in [0.5, 0.6) is 0 Å². The summed E-state index contributed by atoms with van der Waals surface area (Å²) < 4.78 is 26.7. The van der Waals surface area contributed by atoms with Crippen molar-refractivity contribution < 1.29 is 8.78 Å². The van der Waals surface area contributed by atoms with E-state index in [0.29, 0.717) is 22.4 Å². The van der Waals surface area contributed by atoms with Crippen LogP contribution in [0.2, 0.25) is 0 Å². The predicted molar refractivity (Wildman–Crippen MR) is 60.9 cm³/mol. The van der Waals surface area contributed by atoms with E-state index >= 15 is 0 Å². The number of anilines is 1. The van der Waals surface area contributed by atoms with Crippen LogP contribution in [-0.2, 0) is 0 Å². The summed E-state index contributed by atoms with van der Waals surface area (Å²) in [6, 6.07) is 8.98. The van der Waals surface area contributed by atoms with E-state index in [0.717, 1.165) is 0 Å². The average Bonchev–Trinajstić information content (AvgIpc) is 2.22. The number of nitrogen functional groups attached to an aromatic ring is 1. The lowest BCUT2D eigenvalue weighted by Crippen LogP contribution is -1.90. The molecule has 2 N–H and O–H groups in total. The highest BCUT2D eigenvalue weighted by Gasteiger charge is 2.06. The topological polar surface area (TPSA) is 26.0 Å². The lowest BCUT2D eigenvalue weighted by molar-refractivity contribution is 0.617. The minimum Gasteiger partial charge on any atom is -0.399 e. The van der Waals surface area contributed by atoms with Crippen molar-refractivity contribution in [2.24, 2.45) is 0 Å². The van der Waals surface area contributed by atoms with Gasteiger partial charge in [-0.05, 0) is 48.4 Å². The molecule has 0 aliphatic carbocycles. The van der Waals surface area contributed by atoms with Gasteiger partial charge in [-0.2, -0.15) is 0 Å². The quantitative estimate of drug-likeness (QED) is 0.729. The third kappa shape index (κ3) is 1.89. The van der Waals surface area contributed by atoms with E-state index in [1.807, 2.05) is 0 Å². The number of rotatable bonds is 1. The second kappa shape index (κ2) is 3.93. The SMILES string of the molecule is Cc1cc(-c2ccc(N)cc2F)ccc1F. The maximum atomic E-state index is 13.6. The van der Waals surface area contributed by atoms with E-state index in [2.05, 4.69) is 0 Å². The van der Waals surface area contributed by atoms with Crippen LogP contribution in [0.3, 0.4) is 0 Å². The fourth-order valence-electron chi connectivity index (χ4n) is 1.58. The Hall–Kier alpha value is -1.90. The van der Waals surface area contributed by atoms with Gasteiger partial charge in [-0.1, -0.05) is 6.07 Å². The molecular formula is C13H11F2N. The normalized spacial score (nSPS) is 10.4. The first-order valence-electron chi connectivity index (χ1n) is 4.89. The molecule has 0 bridgehead atoms. The van der Waals surface area contributed by atoms with E-state index in [9.17, 15) is 8.78 Å². The fourth-order valence-corrected chi connectivity index (χ4v) is 1.58. The summed E-state index contributed by atoms with van der Waals surface area (Å²) in [5.74, 6) is -0.689. The highest BCUT2D eigenvalue weighted by atomic mass is 19.1. The highest BCUT2D eigenvalue weighted by Crippen LogP contribution is 2.25. The monoisotopic (exact) mass is 219 g/mol. The van der Waals surface area contributed by atoms with Crippen molar-refractivity contribution in [1.82, 2.24) is 0 Å². The van der Waals surface area contributed by atoms with Gasteiger partial charge in [-0.15, -0.1) is 0 Å². The number of halogens is 2. The Balaban J connectivity index is 2.54. The Morgan fingerprint density at radius 1 is 0.938 bits per heavy atom. The van der Waals surface area contributed by atoms with Crippen LogP contribution in [0.1, 0.15) is 5.56 Å². The van der Waals surface area contributed by atoms with Crippen molar-refractivity contribution in [2.45, 2.75) is 6.92 Å². The Labute approximate surface area is 92.5 Å². The molecule has 2 aromatic carbocycles. The minimum absolute atomic E-state index is 0.292. The van der Waals surface area contributed by atoms with Gasteiger partial charge in [0.1, 0.15) is 11.6 Å². The van der Waals surface area contributed by atoms with E-state index in [1.54, 1.807) is 31.2 Å². The summed E-state index contributed by atoms with van der Waals surface area (Å²) >= 11 is 0. The summed E-state index contributed by atoms with van der Waals surface area (Å²) in [4.78, 5) is 0. The van der Waals surface area contributed by atoms with Crippen molar-refractivity contribution in [3.63, 3.8) is 0 Å². The van der Waals surface area contributed by atoms with E-state index in [1.165, 1.54) is 12.1 Å². The molecule has 82 valence electrons. The van der Waals surface area contributed by atoms with Gasteiger partial charge in [0, 0.05) is 11.3 Å². The van der Waals surface area contributed by atoms with Gasteiger partial charge in [0.2, 0.25) is 0 Å². The first kappa shape index (κ1) is 10.6. The zero-order chi connectivity index (χ0) is 11.7. The van der Waals surface area contributed by atoms with Crippen molar-refractivity contribution in [2.75, 3.05) is 5.73 Å². The second-order valence-corrected chi connectivity index (χ2v) is 3.70. The maximum absolute atomic E-state index is 13.6. The van der Waals surface area contributed by atoms with Gasteiger partial charge in [0.25, 0.3) is 0 Å². The molecular weight excluding hydrogens is 208 g/mol. The molecule has 0 unspecified atom stereocenters. The Bertz CT molecular complexity index is 535. The van der Waals surface area contributed by atoms with Crippen molar-refractivity contribution in [1.29, 1.82) is 0 Å². The largest absolute Gasteiger partial charge is 0.399 e. The molecule has 0 heterocycles. The number of nitrogens with two attached hydrogens (primary N) is 1. The molecule has 0 saturated carbocycles. The Morgan fingerprint density at radius 3 is 2.31 bits per heavy atom. The summed E-state index contributed by atoms with van der Waals surface area (Å²) in [6.07, 6.45) is 0. The molecule has 0 spiro atoms. The molecule has 0 fully saturated rings. The predicted octanol–water partition coefficient (Wildman–Crippen LogP) is 3.52. The van der Waals surface area contributed by atoms with Crippen molar-refractivity contribution >= 4 is 5.69 Å². The van der Waals surface area contributed by atoms with Gasteiger partial charge in [-0.25, -0.2) is 8.78 Å². The van der Waals surface area contributed by atoms with Crippen LogP contribution in [0.4, 0.5) is 14.5 Å². The van der Waals surface area contributed by atoms with Crippen LogP contribution in [0.25, 0.3) is 11.1 Å². The van der Waals surface area contributed by atoms with Crippen LogP contribution < -0.4 is 5.73 Å². The Morgan fingerprint density at radius 2 is 1.69 bits per heavy atom. The summed E-state index contributed by atoms with van der Waals surface area (Å²) in [7, 11) is 0. The minimum atomic E-state index is -0.397. The van der Waals surface area contributed by atoms with Crippen LogP contribution in [0.15, 0.2) is 36.4 Å². The summed E-state index contributed by atoms with van der Waals surface area (Å²) in [6.45, 7) is 1.65. The Kier molecular flexibility index (Phi) is 2.60. The molecule has 0 amide bonds.